The van der Waals surface area contributed by atoms with Gasteiger partial charge in [0.15, 0.2) is 0 Å². The molecule has 0 aliphatic heterocycles. The molecular formula is C10H20Cl2O2. The highest BCUT2D eigenvalue weighted by Crippen LogP contribution is 2.10. The van der Waals surface area contributed by atoms with Gasteiger partial charge in [-0.05, 0) is 12.8 Å². The number of halogens is 2. The van der Waals surface area contributed by atoms with Gasteiger partial charge in [0.2, 0.25) is 0 Å². The summed E-state index contributed by atoms with van der Waals surface area (Å²) in [5, 5.41) is 18.3. The Morgan fingerprint density at radius 2 is 1.07 bits per heavy atom. The molecule has 86 valence electrons. The van der Waals surface area contributed by atoms with Crippen LogP contribution in [0.2, 0.25) is 0 Å². The van der Waals surface area contributed by atoms with Crippen LogP contribution in [0.15, 0.2) is 0 Å². The van der Waals surface area contributed by atoms with Gasteiger partial charge in [0.1, 0.15) is 0 Å². The highest BCUT2D eigenvalue weighted by molar-refractivity contribution is 6.18. The Hall–Kier alpha value is 0.500. The Labute approximate surface area is 96.2 Å². The molecule has 0 radical (unpaired) electrons. The molecule has 2 N–H and O–H groups in total. The summed E-state index contributed by atoms with van der Waals surface area (Å²) in [6.07, 6.45) is 5.03. The van der Waals surface area contributed by atoms with Gasteiger partial charge in [-0.25, -0.2) is 0 Å². The fourth-order valence-corrected chi connectivity index (χ4v) is 1.58. The molecular weight excluding hydrogens is 223 g/mol. The van der Waals surface area contributed by atoms with Crippen LogP contribution in [-0.2, 0) is 0 Å². The molecule has 0 aliphatic rings. The van der Waals surface area contributed by atoms with Crippen LogP contribution >= 0.6 is 23.2 Å². The average molecular weight is 243 g/mol. The summed E-state index contributed by atoms with van der Waals surface area (Å²) >= 11 is 10.9. The van der Waals surface area contributed by atoms with E-state index in [-0.39, 0.29) is 12.2 Å². The first-order chi connectivity index (χ1) is 6.70. The van der Waals surface area contributed by atoms with Gasteiger partial charge in [-0.15, -0.1) is 23.2 Å². The lowest BCUT2D eigenvalue weighted by atomic mass is 10.1. The van der Waals surface area contributed by atoms with Gasteiger partial charge in [-0.1, -0.05) is 25.7 Å². The maximum Gasteiger partial charge on any atom is 0.0675 e. The quantitative estimate of drug-likeness (QED) is 0.482. The summed E-state index contributed by atoms with van der Waals surface area (Å²) in [6, 6.07) is 0. The zero-order chi connectivity index (χ0) is 10.8. The minimum atomic E-state index is -0.356. The van der Waals surface area contributed by atoms with Crippen molar-refractivity contribution in [2.24, 2.45) is 0 Å². The number of rotatable bonds is 9. The van der Waals surface area contributed by atoms with E-state index >= 15 is 0 Å². The van der Waals surface area contributed by atoms with Gasteiger partial charge >= 0.3 is 0 Å². The predicted molar refractivity (Wildman–Crippen MR) is 61.2 cm³/mol. The highest BCUT2D eigenvalue weighted by Gasteiger charge is 2.02. The van der Waals surface area contributed by atoms with Crippen LogP contribution in [0.3, 0.4) is 0 Å². The van der Waals surface area contributed by atoms with E-state index in [2.05, 4.69) is 0 Å². The second-order valence-corrected chi connectivity index (χ2v) is 4.23. The van der Waals surface area contributed by atoms with E-state index in [0.29, 0.717) is 11.8 Å². The molecule has 0 saturated carbocycles. The van der Waals surface area contributed by atoms with E-state index in [1.807, 2.05) is 0 Å². The molecule has 2 atom stereocenters. The summed E-state index contributed by atoms with van der Waals surface area (Å²) in [7, 11) is 0. The molecule has 0 heterocycles. The Morgan fingerprint density at radius 3 is 1.36 bits per heavy atom. The number of hydrogen-bond donors (Lipinski definition) is 2. The first-order valence-corrected chi connectivity index (χ1v) is 6.25. The van der Waals surface area contributed by atoms with Gasteiger partial charge in [-0.2, -0.15) is 0 Å². The number of aliphatic hydroxyl groups is 2. The van der Waals surface area contributed by atoms with Crippen molar-refractivity contribution in [1.29, 1.82) is 0 Å². The average Bonchev–Trinajstić information content (AvgIpc) is 2.22. The van der Waals surface area contributed by atoms with Crippen molar-refractivity contribution in [2.45, 2.75) is 50.7 Å². The third kappa shape index (κ3) is 9.07. The molecule has 0 bridgehead atoms. The summed E-state index contributed by atoms with van der Waals surface area (Å²) in [4.78, 5) is 0. The zero-order valence-electron chi connectivity index (χ0n) is 8.46. The van der Waals surface area contributed by atoms with Gasteiger partial charge < -0.3 is 10.2 Å². The summed E-state index contributed by atoms with van der Waals surface area (Å²) < 4.78 is 0. The molecule has 0 saturated heterocycles. The summed E-state index contributed by atoms with van der Waals surface area (Å²) in [5.41, 5.74) is 0. The standard InChI is InChI=1S/C10H20Cl2O2/c11-7-9(13)5-3-1-2-4-6-10(14)8-12/h9-10,13-14H,1-8H2/t9-,10-/m0/s1. The van der Waals surface area contributed by atoms with Gasteiger partial charge in [0.25, 0.3) is 0 Å². The third-order valence-corrected chi connectivity index (χ3v) is 2.89. The lowest BCUT2D eigenvalue weighted by Crippen LogP contribution is -2.08. The van der Waals surface area contributed by atoms with E-state index < -0.39 is 0 Å². The number of hydrogen-bond acceptors (Lipinski definition) is 2. The lowest BCUT2D eigenvalue weighted by Gasteiger charge is -2.07. The first-order valence-electron chi connectivity index (χ1n) is 5.18. The van der Waals surface area contributed by atoms with Crippen molar-refractivity contribution in [2.75, 3.05) is 11.8 Å². The van der Waals surface area contributed by atoms with Crippen molar-refractivity contribution in [3.05, 3.63) is 0 Å². The minimum Gasteiger partial charge on any atom is -0.392 e. The van der Waals surface area contributed by atoms with Crippen molar-refractivity contribution in [3.63, 3.8) is 0 Å². The molecule has 0 unspecified atom stereocenters. The zero-order valence-corrected chi connectivity index (χ0v) is 9.97. The Kier molecular flexibility index (Phi) is 10.4. The maximum absolute atomic E-state index is 9.15. The van der Waals surface area contributed by atoms with Crippen LogP contribution < -0.4 is 0 Å². The van der Waals surface area contributed by atoms with Crippen LogP contribution in [0.25, 0.3) is 0 Å². The van der Waals surface area contributed by atoms with E-state index in [9.17, 15) is 0 Å². The fraction of sp³-hybridized carbons (Fsp3) is 1.00. The van der Waals surface area contributed by atoms with Crippen molar-refractivity contribution in [1.82, 2.24) is 0 Å². The molecule has 0 fully saturated rings. The van der Waals surface area contributed by atoms with Crippen molar-refractivity contribution in [3.8, 4) is 0 Å². The molecule has 0 spiro atoms. The van der Waals surface area contributed by atoms with Crippen LogP contribution in [0.4, 0.5) is 0 Å². The predicted octanol–water partition coefficient (Wildman–Crippen LogP) is 2.53. The monoisotopic (exact) mass is 242 g/mol. The summed E-state index contributed by atoms with van der Waals surface area (Å²) in [5.74, 6) is 0.649. The Balaban J connectivity index is 3.06. The van der Waals surface area contributed by atoms with Crippen molar-refractivity contribution >= 4 is 23.2 Å². The van der Waals surface area contributed by atoms with Crippen molar-refractivity contribution < 1.29 is 10.2 Å². The molecule has 14 heavy (non-hydrogen) atoms. The maximum atomic E-state index is 9.15. The first kappa shape index (κ1) is 14.5. The molecule has 0 aliphatic carbocycles. The number of alkyl halides is 2. The van der Waals surface area contributed by atoms with Gasteiger partial charge in [0.05, 0.1) is 12.2 Å². The second-order valence-electron chi connectivity index (χ2n) is 3.61. The largest absolute Gasteiger partial charge is 0.392 e. The van der Waals surface area contributed by atoms with Gasteiger partial charge in [0, 0.05) is 11.8 Å². The van der Waals surface area contributed by atoms with E-state index in [1.54, 1.807) is 0 Å². The highest BCUT2D eigenvalue weighted by atomic mass is 35.5. The molecule has 0 aromatic rings. The molecule has 4 heteroatoms. The number of aliphatic hydroxyl groups excluding tert-OH is 2. The summed E-state index contributed by atoms with van der Waals surface area (Å²) in [6.45, 7) is 0. The van der Waals surface area contributed by atoms with E-state index in [1.165, 1.54) is 0 Å². The molecule has 0 rings (SSSR count). The van der Waals surface area contributed by atoms with Crippen LogP contribution in [0.1, 0.15) is 38.5 Å². The fourth-order valence-electron chi connectivity index (χ4n) is 1.27. The van der Waals surface area contributed by atoms with Crippen LogP contribution in [-0.4, -0.2) is 34.2 Å². The van der Waals surface area contributed by atoms with E-state index in [4.69, 9.17) is 33.4 Å². The Bertz CT molecular complexity index is 109. The number of unbranched alkanes of at least 4 members (excludes halogenated alkanes) is 3. The smallest absolute Gasteiger partial charge is 0.0675 e. The SMILES string of the molecule is O[C@H](CCl)CCCCCC[C@H](O)CCl. The topological polar surface area (TPSA) is 40.5 Å². The minimum absolute atomic E-state index is 0.324. The lowest BCUT2D eigenvalue weighted by molar-refractivity contribution is 0.177. The van der Waals surface area contributed by atoms with Crippen LogP contribution in [0.5, 0.6) is 0 Å². The molecule has 0 aromatic heterocycles. The Morgan fingerprint density at radius 1 is 0.714 bits per heavy atom. The van der Waals surface area contributed by atoms with E-state index in [0.717, 1.165) is 38.5 Å². The van der Waals surface area contributed by atoms with Crippen LogP contribution in [0, 0.1) is 0 Å². The van der Waals surface area contributed by atoms with Gasteiger partial charge in [-0.3, -0.25) is 0 Å². The third-order valence-electron chi connectivity index (χ3n) is 2.18. The molecule has 0 aromatic carbocycles. The molecule has 0 amide bonds. The second kappa shape index (κ2) is 10.0. The normalized spacial score (nSPS) is 15.4. The molecule has 2 nitrogen and oxygen atoms in total.